The van der Waals surface area contributed by atoms with E-state index in [9.17, 15) is 9.59 Å². The van der Waals surface area contributed by atoms with Crippen LogP contribution in [-0.4, -0.2) is 17.9 Å². The predicted molar refractivity (Wildman–Crippen MR) is 79.5 cm³/mol. The van der Waals surface area contributed by atoms with Crippen molar-refractivity contribution in [2.75, 3.05) is 11.9 Å². The normalized spacial score (nSPS) is 10.5. The molecule has 0 aliphatic carbocycles. The molecule has 0 N–H and O–H groups in total. The van der Waals surface area contributed by atoms with Crippen LogP contribution >= 0.6 is 0 Å². The molecule has 1 aromatic heterocycles. The second kappa shape index (κ2) is 5.20. The van der Waals surface area contributed by atoms with Crippen LogP contribution in [0.1, 0.15) is 10.4 Å². The fourth-order valence-electron chi connectivity index (χ4n) is 2.01. The zero-order chi connectivity index (χ0) is 14.8. The Morgan fingerprint density at radius 1 is 1.05 bits per heavy atom. The lowest BCUT2D eigenvalue weighted by molar-refractivity contribution is 0.0987. The summed E-state index contributed by atoms with van der Waals surface area (Å²) in [5, 5.41) is 0.391. The Morgan fingerprint density at radius 2 is 1.71 bits per heavy atom. The molecule has 0 aliphatic rings. The van der Waals surface area contributed by atoms with Gasteiger partial charge >= 0.3 is 11.6 Å². The molecule has 0 unspecified atom stereocenters. The minimum Gasteiger partial charge on any atom is -0.388 e. The maximum atomic E-state index is 12.3. The summed E-state index contributed by atoms with van der Waals surface area (Å²) in [6, 6.07) is 15.6. The molecule has 5 nitrogen and oxygen atoms in total. The highest BCUT2D eigenvalue weighted by molar-refractivity contribution is 6.04. The Kier molecular flexibility index (Phi) is 3.23. The first kappa shape index (κ1) is 13.1. The van der Waals surface area contributed by atoms with E-state index in [2.05, 4.69) is 4.98 Å². The number of fused-ring (bicyclic) bond motifs is 1. The zero-order valence-electron chi connectivity index (χ0n) is 11.3. The standard InChI is InChI=1S/C16H12N2O3/c1-18(14(19)11-7-3-2-4-8-11)16-17-13-10-6-5-9-12(13)15(20)21-16/h2-10H,1H3. The van der Waals surface area contributed by atoms with Gasteiger partial charge in [0.1, 0.15) is 0 Å². The molecule has 0 spiro atoms. The lowest BCUT2D eigenvalue weighted by Crippen LogP contribution is -2.28. The van der Waals surface area contributed by atoms with E-state index in [0.29, 0.717) is 16.5 Å². The van der Waals surface area contributed by atoms with Crippen LogP contribution in [0.5, 0.6) is 0 Å². The van der Waals surface area contributed by atoms with Gasteiger partial charge in [0, 0.05) is 12.6 Å². The van der Waals surface area contributed by atoms with Crippen LogP contribution in [-0.2, 0) is 0 Å². The van der Waals surface area contributed by atoms with Crippen molar-refractivity contribution in [2.24, 2.45) is 0 Å². The molecule has 21 heavy (non-hydrogen) atoms. The van der Waals surface area contributed by atoms with Crippen LogP contribution in [0.25, 0.3) is 10.9 Å². The van der Waals surface area contributed by atoms with Crippen molar-refractivity contribution >= 4 is 22.8 Å². The van der Waals surface area contributed by atoms with Gasteiger partial charge in [0.2, 0.25) is 0 Å². The summed E-state index contributed by atoms with van der Waals surface area (Å²) in [6.07, 6.45) is 0. The maximum Gasteiger partial charge on any atom is 0.348 e. The van der Waals surface area contributed by atoms with Gasteiger partial charge in [-0.2, -0.15) is 4.98 Å². The Morgan fingerprint density at radius 3 is 2.48 bits per heavy atom. The van der Waals surface area contributed by atoms with Gasteiger partial charge in [0.25, 0.3) is 5.91 Å². The van der Waals surface area contributed by atoms with Crippen molar-refractivity contribution < 1.29 is 9.21 Å². The average molecular weight is 280 g/mol. The Bertz CT molecular complexity index is 856. The molecule has 104 valence electrons. The van der Waals surface area contributed by atoms with Crippen molar-refractivity contribution in [3.8, 4) is 0 Å². The molecule has 5 heteroatoms. The summed E-state index contributed by atoms with van der Waals surface area (Å²) >= 11 is 0. The SMILES string of the molecule is CN(C(=O)c1ccccc1)c1nc2ccccc2c(=O)o1. The molecule has 3 rings (SSSR count). The summed E-state index contributed by atoms with van der Waals surface area (Å²) < 4.78 is 5.13. The highest BCUT2D eigenvalue weighted by Crippen LogP contribution is 2.15. The zero-order valence-corrected chi connectivity index (χ0v) is 11.3. The molecule has 0 radical (unpaired) electrons. The first-order chi connectivity index (χ1) is 10.2. The van der Waals surface area contributed by atoms with Crippen LogP contribution in [0.3, 0.4) is 0 Å². The van der Waals surface area contributed by atoms with Crippen molar-refractivity contribution in [3.05, 3.63) is 70.6 Å². The smallest absolute Gasteiger partial charge is 0.348 e. The summed E-state index contributed by atoms with van der Waals surface area (Å²) in [6.45, 7) is 0. The Labute approximate surface area is 120 Å². The predicted octanol–water partition coefficient (Wildman–Crippen LogP) is 2.46. The number of benzene rings is 2. The van der Waals surface area contributed by atoms with Gasteiger partial charge in [-0.15, -0.1) is 0 Å². The topological polar surface area (TPSA) is 63.4 Å². The van der Waals surface area contributed by atoms with E-state index >= 15 is 0 Å². The van der Waals surface area contributed by atoms with E-state index in [4.69, 9.17) is 4.42 Å². The second-order valence-corrected chi connectivity index (χ2v) is 4.53. The average Bonchev–Trinajstić information content (AvgIpc) is 2.54. The van der Waals surface area contributed by atoms with Gasteiger partial charge in [-0.25, -0.2) is 4.79 Å². The monoisotopic (exact) mass is 280 g/mol. The number of carbonyl (C=O) groups excluding carboxylic acids is 1. The molecule has 3 aromatic rings. The number of hydrogen-bond acceptors (Lipinski definition) is 4. The molecule has 1 amide bonds. The summed E-state index contributed by atoms with van der Waals surface area (Å²) in [4.78, 5) is 29.7. The number of nitrogens with zero attached hydrogens (tertiary/aromatic N) is 2. The van der Waals surface area contributed by atoms with Crippen LogP contribution in [0, 0.1) is 0 Å². The van der Waals surface area contributed by atoms with Crippen molar-refractivity contribution in [1.82, 2.24) is 4.98 Å². The van der Waals surface area contributed by atoms with Crippen LogP contribution in [0.2, 0.25) is 0 Å². The van der Waals surface area contributed by atoms with Gasteiger partial charge in [0.15, 0.2) is 0 Å². The van der Waals surface area contributed by atoms with Crippen molar-refractivity contribution in [1.29, 1.82) is 0 Å². The number of rotatable bonds is 2. The molecule has 0 aliphatic heterocycles. The Balaban J connectivity index is 2.04. The molecule has 2 aromatic carbocycles. The van der Waals surface area contributed by atoms with E-state index in [1.807, 2.05) is 6.07 Å². The third-order valence-electron chi connectivity index (χ3n) is 3.14. The summed E-state index contributed by atoms with van der Waals surface area (Å²) in [5.41, 5.74) is 0.484. The van der Waals surface area contributed by atoms with Gasteiger partial charge in [-0.1, -0.05) is 30.3 Å². The minimum absolute atomic E-state index is 0.0208. The van der Waals surface area contributed by atoms with E-state index < -0.39 is 5.63 Å². The second-order valence-electron chi connectivity index (χ2n) is 4.53. The molecule has 0 atom stereocenters. The lowest BCUT2D eigenvalue weighted by Gasteiger charge is -2.14. The first-order valence-electron chi connectivity index (χ1n) is 6.40. The summed E-state index contributed by atoms with van der Waals surface area (Å²) in [7, 11) is 1.52. The quantitative estimate of drug-likeness (QED) is 0.723. The number of carbonyl (C=O) groups is 1. The number of anilines is 1. The van der Waals surface area contributed by atoms with Gasteiger partial charge < -0.3 is 4.42 Å². The third kappa shape index (κ3) is 2.41. The van der Waals surface area contributed by atoms with E-state index in [1.165, 1.54) is 11.9 Å². The molecular weight excluding hydrogens is 268 g/mol. The highest BCUT2D eigenvalue weighted by atomic mass is 16.4. The maximum absolute atomic E-state index is 12.3. The van der Waals surface area contributed by atoms with Crippen LogP contribution in [0.15, 0.2) is 63.8 Å². The van der Waals surface area contributed by atoms with Crippen molar-refractivity contribution in [2.45, 2.75) is 0 Å². The van der Waals surface area contributed by atoms with E-state index in [0.717, 1.165) is 0 Å². The van der Waals surface area contributed by atoms with Gasteiger partial charge in [0.05, 0.1) is 10.9 Å². The van der Waals surface area contributed by atoms with Crippen LogP contribution < -0.4 is 10.5 Å². The number of aromatic nitrogens is 1. The Hall–Kier alpha value is -2.95. The number of amides is 1. The highest BCUT2D eigenvalue weighted by Gasteiger charge is 2.18. The minimum atomic E-state index is -0.511. The fourth-order valence-corrected chi connectivity index (χ4v) is 2.01. The first-order valence-corrected chi connectivity index (χ1v) is 6.40. The molecule has 0 saturated carbocycles. The molecule has 0 bridgehead atoms. The number of para-hydroxylation sites is 1. The number of hydrogen-bond donors (Lipinski definition) is 0. The van der Waals surface area contributed by atoms with E-state index in [1.54, 1.807) is 48.5 Å². The molecule has 0 fully saturated rings. The summed E-state index contributed by atoms with van der Waals surface area (Å²) in [5.74, 6) is -0.290. The fraction of sp³-hybridized carbons (Fsp3) is 0.0625. The van der Waals surface area contributed by atoms with Gasteiger partial charge in [-0.3, -0.25) is 9.69 Å². The van der Waals surface area contributed by atoms with Crippen molar-refractivity contribution in [3.63, 3.8) is 0 Å². The van der Waals surface area contributed by atoms with Gasteiger partial charge in [-0.05, 0) is 24.3 Å². The van der Waals surface area contributed by atoms with E-state index in [-0.39, 0.29) is 11.9 Å². The largest absolute Gasteiger partial charge is 0.388 e. The molecule has 0 saturated heterocycles. The third-order valence-corrected chi connectivity index (χ3v) is 3.14. The van der Waals surface area contributed by atoms with Crippen LogP contribution in [0.4, 0.5) is 6.01 Å². The lowest BCUT2D eigenvalue weighted by atomic mass is 10.2. The molecular formula is C16H12N2O3. The molecule has 1 heterocycles.